The first-order valence-electron chi connectivity index (χ1n) is 6.61. The highest BCUT2D eigenvalue weighted by Crippen LogP contribution is 2.13. The van der Waals surface area contributed by atoms with Crippen molar-refractivity contribution in [1.82, 2.24) is 15.0 Å². The first-order valence-corrected chi connectivity index (χ1v) is 6.61. The molecule has 102 valence electrons. The van der Waals surface area contributed by atoms with Crippen LogP contribution in [0.3, 0.4) is 0 Å². The summed E-state index contributed by atoms with van der Waals surface area (Å²) in [6.07, 6.45) is 3.52. The van der Waals surface area contributed by atoms with E-state index in [9.17, 15) is 4.39 Å². The maximum Gasteiger partial charge on any atom is 0.291 e. The molecule has 0 bridgehead atoms. The fraction of sp³-hybridized carbons (Fsp3) is 0.267. The third-order valence-corrected chi connectivity index (χ3v) is 3.22. The molecule has 0 radical (unpaired) electrons. The van der Waals surface area contributed by atoms with Crippen LogP contribution in [0.2, 0.25) is 0 Å². The van der Waals surface area contributed by atoms with Gasteiger partial charge in [0.25, 0.3) is 5.65 Å². The number of imidazole rings is 1. The zero-order valence-corrected chi connectivity index (χ0v) is 11.5. The summed E-state index contributed by atoms with van der Waals surface area (Å²) in [5.74, 6) is 1.06. The minimum atomic E-state index is -0.225. The van der Waals surface area contributed by atoms with Crippen LogP contribution in [-0.4, -0.2) is 15.0 Å². The third kappa shape index (κ3) is 2.39. The van der Waals surface area contributed by atoms with Crippen LogP contribution in [0.5, 0.6) is 0 Å². The minimum absolute atomic E-state index is 0.225. The van der Waals surface area contributed by atoms with E-state index in [0.717, 1.165) is 22.6 Å². The van der Waals surface area contributed by atoms with E-state index in [1.165, 1.54) is 12.1 Å². The van der Waals surface area contributed by atoms with Crippen molar-refractivity contribution in [2.75, 3.05) is 0 Å². The number of hydrogen-bond acceptors (Lipinski definition) is 2. The maximum atomic E-state index is 12.9. The molecule has 4 nitrogen and oxygen atoms in total. The first kappa shape index (κ1) is 12.7. The molecular formula is C15H16FN4+. The number of rotatable bonds is 3. The van der Waals surface area contributed by atoms with Crippen molar-refractivity contribution in [1.29, 1.82) is 0 Å². The van der Waals surface area contributed by atoms with Gasteiger partial charge in [-0.2, -0.15) is 0 Å². The molecule has 0 unspecified atom stereocenters. The molecule has 0 aliphatic carbocycles. The van der Waals surface area contributed by atoms with Crippen LogP contribution >= 0.6 is 0 Å². The summed E-state index contributed by atoms with van der Waals surface area (Å²) in [5, 5.41) is 0. The van der Waals surface area contributed by atoms with Gasteiger partial charge in [-0.25, -0.2) is 8.96 Å². The predicted molar refractivity (Wildman–Crippen MR) is 73.7 cm³/mol. The van der Waals surface area contributed by atoms with Gasteiger partial charge in [-0.1, -0.05) is 31.0 Å². The van der Waals surface area contributed by atoms with Crippen LogP contribution in [0.15, 0.2) is 36.8 Å². The van der Waals surface area contributed by atoms with Crippen LogP contribution in [-0.2, 0) is 6.54 Å². The number of nitrogens with zero attached hydrogens (tertiary/aromatic N) is 3. The van der Waals surface area contributed by atoms with Crippen molar-refractivity contribution in [3.05, 3.63) is 54.0 Å². The molecular weight excluding hydrogens is 255 g/mol. The number of hydrogen-bond donors (Lipinski definition) is 1. The zero-order valence-electron chi connectivity index (χ0n) is 11.5. The monoisotopic (exact) mass is 271 g/mol. The van der Waals surface area contributed by atoms with Gasteiger partial charge in [0.05, 0.1) is 6.54 Å². The fourth-order valence-corrected chi connectivity index (χ4v) is 2.12. The molecule has 0 atom stereocenters. The first-order chi connectivity index (χ1) is 9.63. The lowest BCUT2D eigenvalue weighted by molar-refractivity contribution is -0.667. The minimum Gasteiger partial charge on any atom is -0.322 e. The van der Waals surface area contributed by atoms with E-state index in [-0.39, 0.29) is 5.82 Å². The van der Waals surface area contributed by atoms with E-state index in [4.69, 9.17) is 0 Å². The summed E-state index contributed by atoms with van der Waals surface area (Å²) >= 11 is 0. The summed E-state index contributed by atoms with van der Waals surface area (Å²) in [4.78, 5) is 12.1. The highest BCUT2D eigenvalue weighted by molar-refractivity contribution is 5.65. The van der Waals surface area contributed by atoms with Crippen molar-refractivity contribution >= 4 is 11.2 Å². The van der Waals surface area contributed by atoms with Crippen molar-refractivity contribution in [2.24, 2.45) is 0 Å². The molecule has 0 saturated heterocycles. The van der Waals surface area contributed by atoms with Gasteiger partial charge in [0.15, 0.2) is 11.3 Å². The molecule has 5 heteroatoms. The predicted octanol–water partition coefficient (Wildman–Crippen LogP) is 2.56. The van der Waals surface area contributed by atoms with E-state index >= 15 is 0 Å². The molecule has 0 spiro atoms. The number of fused-ring (bicyclic) bond motifs is 1. The number of nitrogens with one attached hydrogen (secondary N) is 1. The highest BCUT2D eigenvalue weighted by Gasteiger charge is 2.16. The molecule has 1 N–H and O–H groups in total. The Bertz CT molecular complexity index is 731. The maximum absolute atomic E-state index is 12.9. The Morgan fingerprint density at radius 3 is 2.70 bits per heavy atom. The molecule has 0 amide bonds. The van der Waals surface area contributed by atoms with Crippen LogP contribution < -0.4 is 4.57 Å². The van der Waals surface area contributed by atoms with Gasteiger partial charge in [-0.15, -0.1) is 4.98 Å². The van der Waals surface area contributed by atoms with E-state index in [1.54, 1.807) is 24.7 Å². The second-order valence-corrected chi connectivity index (χ2v) is 5.16. The van der Waals surface area contributed by atoms with Crippen molar-refractivity contribution in [3.63, 3.8) is 0 Å². The highest BCUT2D eigenvalue weighted by atomic mass is 19.1. The number of aromatic nitrogens is 4. The normalized spacial score (nSPS) is 11.4. The Balaban J connectivity index is 2.00. The van der Waals surface area contributed by atoms with Crippen LogP contribution in [0.25, 0.3) is 11.2 Å². The smallest absolute Gasteiger partial charge is 0.291 e. The van der Waals surface area contributed by atoms with Crippen LogP contribution in [0, 0.1) is 5.82 Å². The Labute approximate surface area is 116 Å². The molecule has 0 fully saturated rings. The number of aromatic amines is 1. The average Bonchev–Trinajstić information content (AvgIpc) is 2.87. The lowest BCUT2D eigenvalue weighted by Crippen LogP contribution is -2.35. The van der Waals surface area contributed by atoms with Gasteiger partial charge in [-0.05, 0) is 17.7 Å². The molecule has 0 aliphatic rings. The topological polar surface area (TPSA) is 45.5 Å². The standard InChI is InChI=1S/C15H15FN4/c1-10(2)14-18-13-7-17-9-20(15(13)19-14)8-11-3-5-12(16)6-4-11/h3-7,9-10H,8H2,1-2H3/p+1. The summed E-state index contributed by atoms with van der Waals surface area (Å²) < 4.78 is 14.9. The molecule has 2 heterocycles. The molecule has 0 aliphatic heterocycles. The lowest BCUT2D eigenvalue weighted by Gasteiger charge is -2.00. The van der Waals surface area contributed by atoms with Crippen LogP contribution in [0.4, 0.5) is 4.39 Å². The van der Waals surface area contributed by atoms with Crippen molar-refractivity contribution in [2.45, 2.75) is 26.3 Å². The van der Waals surface area contributed by atoms with Gasteiger partial charge >= 0.3 is 0 Å². The second kappa shape index (κ2) is 5.00. The van der Waals surface area contributed by atoms with E-state index in [1.807, 2.05) is 4.57 Å². The van der Waals surface area contributed by atoms with Gasteiger partial charge < -0.3 is 4.98 Å². The number of benzene rings is 1. The van der Waals surface area contributed by atoms with E-state index in [0.29, 0.717) is 12.5 Å². The fourth-order valence-electron chi connectivity index (χ4n) is 2.12. The number of halogens is 1. The van der Waals surface area contributed by atoms with Gasteiger partial charge in [0, 0.05) is 5.92 Å². The molecule has 2 aromatic heterocycles. The van der Waals surface area contributed by atoms with Gasteiger partial charge in [0.2, 0.25) is 6.33 Å². The van der Waals surface area contributed by atoms with E-state index in [2.05, 4.69) is 28.8 Å². The summed E-state index contributed by atoms with van der Waals surface area (Å²) in [7, 11) is 0. The SMILES string of the molecule is CC(C)c1nc2c(cnc[n+]2Cc2ccc(F)cc2)[nH]1. The molecule has 20 heavy (non-hydrogen) atoms. The Morgan fingerprint density at radius 2 is 2.00 bits per heavy atom. The summed E-state index contributed by atoms with van der Waals surface area (Å²) in [6.45, 7) is 4.80. The van der Waals surface area contributed by atoms with Crippen molar-refractivity contribution in [3.8, 4) is 0 Å². The van der Waals surface area contributed by atoms with Gasteiger partial charge in [-0.3, -0.25) is 0 Å². The van der Waals surface area contributed by atoms with Crippen molar-refractivity contribution < 1.29 is 8.96 Å². The lowest BCUT2D eigenvalue weighted by atomic mass is 10.2. The third-order valence-electron chi connectivity index (χ3n) is 3.22. The summed E-state index contributed by atoms with van der Waals surface area (Å²) in [6, 6.07) is 6.48. The molecule has 1 aromatic carbocycles. The van der Waals surface area contributed by atoms with Crippen LogP contribution in [0.1, 0.15) is 31.2 Å². The summed E-state index contributed by atoms with van der Waals surface area (Å²) in [5.41, 5.74) is 2.80. The molecule has 3 aromatic rings. The van der Waals surface area contributed by atoms with E-state index < -0.39 is 0 Å². The molecule has 3 rings (SSSR count). The quantitative estimate of drug-likeness (QED) is 0.744. The Kier molecular flexibility index (Phi) is 3.18. The zero-order chi connectivity index (χ0) is 14.1. The molecule has 0 saturated carbocycles. The number of H-pyrrole nitrogens is 1. The largest absolute Gasteiger partial charge is 0.322 e. The average molecular weight is 271 g/mol. The Hall–Kier alpha value is -2.30. The second-order valence-electron chi connectivity index (χ2n) is 5.16. The van der Waals surface area contributed by atoms with Gasteiger partial charge in [0.1, 0.15) is 12.0 Å². The Morgan fingerprint density at radius 1 is 1.25 bits per heavy atom.